The zero-order chi connectivity index (χ0) is 17.9. The summed E-state index contributed by atoms with van der Waals surface area (Å²) in [6.45, 7) is 0.690. The van der Waals surface area contributed by atoms with E-state index < -0.39 is 0 Å². The Morgan fingerprint density at radius 2 is 1.58 bits per heavy atom. The Bertz CT molecular complexity index is 734. The molecule has 0 amide bonds. The van der Waals surface area contributed by atoms with Crippen LogP contribution in [-0.2, 0) is 6.54 Å². The first-order valence-electron chi connectivity index (χ1n) is 9.69. The molecular formula is C20H26ClN5. The SMILES string of the molecule is NC1=NC(C23CC4CC(CC(C4)C2)C3)N(Cc2ccc(Cl)cc2)C(N)=N1. The molecule has 0 saturated heterocycles. The highest BCUT2D eigenvalue weighted by atomic mass is 35.5. The molecule has 138 valence electrons. The number of benzene rings is 1. The van der Waals surface area contributed by atoms with Crippen molar-refractivity contribution in [1.82, 2.24) is 4.90 Å². The molecule has 0 aromatic heterocycles. The molecule has 6 rings (SSSR count). The normalized spacial score (nSPS) is 38.3. The average Bonchev–Trinajstić information content (AvgIpc) is 2.57. The molecule has 6 heteroatoms. The molecule has 1 aliphatic heterocycles. The molecule has 1 heterocycles. The minimum absolute atomic E-state index is 0.00378. The first kappa shape index (κ1) is 16.4. The van der Waals surface area contributed by atoms with Crippen molar-refractivity contribution in [2.45, 2.75) is 51.2 Å². The minimum Gasteiger partial charge on any atom is -0.369 e. The van der Waals surface area contributed by atoms with Gasteiger partial charge >= 0.3 is 0 Å². The van der Waals surface area contributed by atoms with Gasteiger partial charge < -0.3 is 16.4 Å². The Kier molecular flexibility index (Phi) is 3.71. The van der Waals surface area contributed by atoms with Gasteiger partial charge in [-0.15, -0.1) is 0 Å². The van der Waals surface area contributed by atoms with Crippen LogP contribution < -0.4 is 11.5 Å². The smallest absolute Gasteiger partial charge is 0.220 e. The Morgan fingerprint density at radius 1 is 1.00 bits per heavy atom. The third kappa shape index (κ3) is 2.68. The minimum atomic E-state index is 0.00378. The van der Waals surface area contributed by atoms with E-state index in [9.17, 15) is 0 Å². The highest BCUT2D eigenvalue weighted by molar-refractivity contribution is 6.30. The molecule has 5 aliphatic rings. The summed E-state index contributed by atoms with van der Waals surface area (Å²) < 4.78 is 0. The number of hydrogen-bond donors (Lipinski definition) is 2. The van der Waals surface area contributed by atoms with E-state index in [0.29, 0.717) is 18.5 Å². The van der Waals surface area contributed by atoms with E-state index in [4.69, 9.17) is 28.1 Å². The standard InChI is InChI=1S/C20H26ClN5/c21-16-3-1-12(2-4-16)11-26-17(24-18(22)25-19(26)23)20-8-13-5-14(9-20)7-15(6-13)10-20/h1-4,13-15,17H,5-11H2,(H4,22,23,24,25). The lowest BCUT2D eigenvalue weighted by molar-refractivity contribution is -0.0898. The average molecular weight is 372 g/mol. The summed E-state index contributed by atoms with van der Waals surface area (Å²) in [5.41, 5.74) is 13.8. The summed E-state index contributed by atoms with van der Waals surface area (Å²) >= 11 is 6.04. The molecule has 4 bridgehead atoms. The molecule has 1 aromatic rings. The van der Waals surface area contributed by atoms with Crippen molar-refractivity contribution in [1.29, 1.82) is 0 Å². The molecule has 0 radical (unpaired) electrons. The van der Waals surface area contributed by atoms with Gasteiger partial charge in [0, 0.05) is 17.0 Å². The van der Waals surface area contributed by atoms with Crippen LogP contribution in [0.5, 0.6) is 0 Å². The molecule has 0 spiro atoms. The fourth-order valence-electron chi connectivity index (χ4n) is 6.45. The van der Waals surface area contributed by atoms with E-state index in [-0.39, 0.29) is 11.6 Å². The van der Waals surface area contributed by atoms with Crippen molar-refractivity contribution in [3.8, 4) is 0 Å². The van der Waals surface area contributed by atoms with Crippen molar-refractivity contribution >= 4 is 23.5 Å². The molecule has 4 saturated carbocycles. The van der Waals surface area contributed by atoms with Gasteiger partial charge in [-0.25, -0.2) is 4.99 Å². The zero-order valence-corrected chi connectivity index (χ0v) is 15.7. The van der Waals surface area contributed by atoms with Gasteiger partial charge in [0.15, 0.2) is 0 Å². The topological polar surface area (TPSA) is 80.0 Å². The highest BCUT2D eigenvalue weighted by Crippen LogP contribution is 2.62. The lowest BCUT2D eigenvalue weighted by Gasteiger charge is -2.60. The number of aliphatic imine (C=N–C) groups is 2. The maximum Gasteiger partial charge on any atom is 0.220 e. The fourth-order valence-corrected chi connectivity index (χ4v) is 6.57. The van der Waals surface area contributed by atoms with Gasteiger partial charge in [-0.1, -0.05) is 23.7 Å². The van der Waals surface area contributed by atoms with E-state index in [1.807, 2.05) is 24.3 Å². The van der Waals surface area contributed by atoms with Gasteiger partial charge in [-0.3, -0.25) is 0 Å². The maximum atomic E-state index is 6.35. The summed E-state index contributed by atoms with van der Waals surface area (Å²) in [4.78, 5) is 11.3. The number of hydrogen-bond acceptors (Lipinski definition) is 5. The van der Waals surface area contributed by atoms with Crippen molar-refractivity contribution in [3.63, 3.8) is 0 Å². The van der Waals surface area contributed by atoms with Crippen molar-refractivity contribution < 1.29 is 0 Å². The maximum absolute atomic E-state index is 6.35. The molecule has 4 N–H and O–H groups in total. The van der Waals surface area contributed by atoms with Crippen LogP contribution in [0.4, 0.5) is 0 Å². The van der Waals surface area contributed by atoms with Crippen molar-refractivity contribution in [2.75, 3.05) is 0 Å². The number of nitrogens with two attached hydrogens (primary N) is 2. The van der Waals surface area contributed by atoms with Crippen LogP contribution in [0, 0.1) is 23.2 Å². The summed E-state index contributed by atoms with van der Waals surface area (Å²) in [5, 5.41) is 0.744. The summed E-state index contributed by atoms with van der Waals surface area (Å²) in [5.74, 6) is 3.39. The zero-order valence-electron chi connectivity index (χ0n) is 14.9. The van der Waals surface area contributed by atoms with Gasteiger partial charge in [0.05, 0.1) is 0 Å². The quantitative estimate of drug-likeness (QED) is 0.855. The van der Waals surface area contributed by atoms with Crippen LogP contribution in [0.25, 0.3) is 0 Å². The third-order valence-electron chi connectivity index (χ3n) is 6.97. The van der Waals surface area contributed by atoms with E-state index >= 15 is 0 Å². The monoisotopic (exact) mass is 371 g/mol. The summed E-state index contributed by atoms with van der Waals surface area (Å²) in [6.07, 6.45) is 7.99. The van der Waals surface area contributed by atoms with Gasteiger partial charge in [-0.2, -0.15) is 4.99 Å². The second kappa shape index (κ2) is 5.88. The second-order valence-electron chi connectivity index (χ2n) is 8.87. The lowest BCUT2D eigenvalue weighted by Crippen LogP contribution is -2.60. The predicted octanol–water partition coefficient (Wildman–Crippen LogP) is 3.33. The Hall–Kier alpha value is -1.75. The Labute approximate surface area is 159 Å². The van der Waals surface area contributed by atoms with Crippen molar-refractivity contribution in [3.05, 3.63) is 34.9 Å². The van der Waals surface area contributed by atoms with E-state index in [0.717, 1.165) is 28.3 Å². The lowest BCUT2D eigenvalue weighted by atomic mass is 9.48. The number of halogens is 1. The Morgan fingerprint density at radius 3 is 2.15 bits per heavy atom. The van der Waals surface area contributed by atoms with E-state index in [1.165, 1.54) is 38.5 Å². The number of guanidine groups is 2. The van der Waals surface area contributed by atoms with Gasteiger partial charge in [0.1, 0.15) is 6.17 Å². The van der Waals surface area contributed by atoms with E-state index in [2.05, 4.69) is 9.89 Å². The van der Waals surface area contributed by atoms with Crippen molar-refractivity contribution in [2.24, 2.45) is 44.6 Å². The molecule has 1 atom stereocenters. The molecule has 4 aliphatic carbocycles. The Balaban J connectivity index is 1.48. The highest BCUT2D eigenvalue weighted by Gasteiger charge is 2.56. The summed E-state index contributed by atoms with van der Waals surface area (Å²) in [7, 11) is 0. The van der Waals surface area contributed by atoms with Crippen LogP contribution in [-0.4, -0.2) is 23.0 Å². The largest absolute Gasteiger partial charge is 0.369 e. The molecule has 1 aromatic carbocycles. The van der Waals surface area contributed by atoms with E-state index in [1.54, 1.807) is 0 Å². The van der Waals surface area contributed by atoms with Gasteiger partial charge in [-0.05, 0) is 74.0 Å². The fraction of sp³-hybridized carbons (Fsp3) is 0.600. The van der Waals surface area contributed by atoms with Crippen LogP contribution in [0.1, 0.15) is 44.1 Å². The molecule has 1 unspecified atom stereocenters. The van der Waals surface area contributed by atoms with Gasteiger partial charge in [0.2, 0.25) is 11.9 Å². The third-order valence-corrected chi connectivity index (χ3v) is 7.22. The molecular weight excluding hydrogens is 346 g/mol. The predicted molar refractivity (Wildman–Crippen MR) is 105 cm³/mol. The first-order chi connectivity index (χ1) is 12.5. The second-order valence-corrected chi connectivity index (χ2v) is 9.30. The summed E-state index contributed by atoms with van der Waals surface area (Å²) in [6, 6.07) is 7.94. The molecule has 26 heavy (non-hydrogen) atoms. The van der Waals surface area contributed by atoms with Crippen LogP contribution in [0.15, 0.2) is 34.3 Å². The number of nitrogens with zero attached hydrogens (tertiary/aromatic N) is 3. The first-order valence-corrected chi connectivity index (χ1v) is 10.1. The van der Waals surface area contributed by atoms with Crippen LogP contribution in [0.3, 0.4) is 0 Å². The molecule has 4 fully saturated rings. The van der Waals surface area contributed by atoms with Gasteiger partial charge in [0.25, 0.3) is 0 Å². The van der Waals surface area contributed by atoms with Crippen LogP contribution in [0.2, 0.25) is 5.02 Å². The number of rotatable bonds is 3. The molecule has 5 nitrogen and oxygen atoms in total. The van der Waals surface area contributed by atoms with Crippen LogP contribution >= 0.6 is 11.6 Å².